The van der Waals surface area contributed by atoms with Gasteiger partial charge in [0.1, 0.15) is 0 Å². The Bertz CT molecular complexity index is 547. The zero-order chi connectivity index (χ0) is 11.5. The molecular formula is C13H13N3. The van der Waals surface area contributed by atoms with Gasteiger partial charge in [0, 0.05) is 5.69 Å². The Morgan fingerprint density at radius 1 is 1.31 bits per heavy atom. The maximum atomic E-state index is 8.81. The zero-order valence-electron chi connectivity index (χ0n) is 9.44. The molecule has 2 rings (SSSR count). The molecule has 0 fully saturated rings. The van der Waals surface area contributed by atoms with Crippen molar-refractivity contribution in [2.24, 2.45) is 0 Å². The van der Waals surface area contributed by atoms with E-state index in [2.05, 4.69) is 11.2 Å². The summed E-state index contributed by atoms with van der Waals surface area (Å²) in [4.78, 5) is 0. The lowest BCUT2D eigenvalue weighted by Crippen LogP contribution is -2.03. The quantitative estimate of drug-likeness (QED) is 0.765. The van der Waals surface area contributed by atoms with Crippen LogP contribution in [0, 0.1) is 25.2 Å². The van der Waals surface area contributed by atoms with Crippen molar-refractivity contribution in [1.29, 1.82) is 5.26 Å². The van der Waals surface area contributed by atoms with E-state index in [0.717, 1.165) is 23.5 Å². The van der Waals surface area contributed by atoms with E-state index >= 15 is 0 Å². The molecule has 0 unspecified atom stereocenters. The number of hydrogen-bond acceptors (Lipinski definition) is 2. The van der Waals surface area contributed by atoms with Gasteiger partial charge in [-0.3, -0.25) is 4.68 Å². The molecule has 1 aromatic carbocycles. The van der Waals surface area contributed by atoms with E-state index in [1.807, 2.05) is 48.9 Å². The number of nitriles is 1. The van der Waals surface area contributed by atoms with Gasteiger partial charge in [0.05, 0.1) is 23.9 Å². The van der Waals surface area contributed by atoms with E-state index < -0.39 is 0 Å². The van der Waals surface area contributed by atoms with Crippen LogP contribution in [-0.4, -0.2) is 9.78 Å². The van der Waals surface area contributed by atoms with Crippen LogP contribution in [0.4, 0.5) is 0 Å². The Morgan fingerprint density at radius 2 is 2.12 bits per heavy atom. The third-order valence-corrected chi connectivity index (χ3v) is 2.49. The molecule has 0 aliphatic rings. The smallest absolute Gasteiger partial charge is 0.0991 e. The van der Waals surface area contributed by atoms with Crippen molar-refractivity contribution >= 4 is 0 Å². The molecule has 0 spiro atoms. The first kappa shape index (κ1) is 10.4. The Labute approximate surface area is 94.9 Å². The number of aryl methyl sites for hydroxylation is 2. The SMILES string of the molecule is Cc1cc(C)n(Cc2cccc(C#N)c2)n1. The van der Waals surface area contributed by atoms with Crippen molar-refractivity contribution in [3.63, 3.8) is 0 Å². The number of benzene rings is 1. The molecule has 0 atom stereocenters. The van der Waals surface area contributed by atoms with Crippen molar-refractivity contribution in [3.05, 3.63) is 52.8 Å². The standard InChI is InChI=1S/C13H13N3/c1-10-6-11(2)16(15-10)9-13-5-3-4-12(7-13)8-14/h3-7H,9H2,1-2H3. The molecule has 1 aromatic heterocycles. The molecule has 2 aromatic rings. The van der Waals surface area contributed by atoms with Crippen LogP contribution >= 0.6 is 0 Å². The first-order valence-electron chi connectivity index (χ1n) is 5.19. The summed E-state index contributed by atoms with van der Waals surface area (Å²) in [5, 5.41) is 13.2. The van der Waals surface area contributed by atoms with Gasteiger partial charge < -0.3 is 0 Å². The Morgan fingerprint density at radius 3 is 2.75 bits per heavy atom. The summed E-state index contributed by atoms with van der Waals surface area (Å²) in [5.74, 6) is 0. The lowest BCUT2D eigenvalue weighted by atomic mass is 10.1. The van der Waals surface area contributed by atoms with Crippen LogP contribution in [0.25, 0.3) is 0 Å². The van der Waals surface area contributed by atoms with E-state index in [-0.39, 0.29) is 0 Å². The minimum atomic E-state index is 0.694. The first-order valence-corrected chi connectivity index (χ1v) is 5.19. The van der Waals surface area contributed by atoms with Crippen LogP contribution < -0.4 is 0 Å². The topological polar surface area (TPSA) is 41.6 Å². The average molecular weight is 211 g/mol. The molecule has 0 radical (unpaired) electrons. The fraction of sp³-hybridized carbons (Fsp3) is 0.231. The fourth-order valence-electron chi connectivity index (χ4n) is 1.75. The highest BCUT2D eigenvalue weighted by atomic mass is 15.3. The lowest BCUT2D eigenvalue weighted by Gasteiger charge is -2.04. The number of rotatable bonds is 2. The van der Waals surface area contributed by atoms with Gasteiger partial charge in [-0.2, -0.15) is 10.4 Å². The maximum absolute atomic E-state index is 8.81. The molecule has 0 aliphatic carbocycles. The number of aromatic nitrogens is 2. The van der Waals surface area contributed by atoms with Crippen LogP contribution in [0.15, 0.2) is 30.3 Å². The van der Waals surface area contributed by atoms with Gasteiger partial charge in [-0.1, -0.05) is 12.1 Å². The van der Waals surface area contributed by atoms with Crippen LogP contribution in [-0.2, 0) is 6.54 Å². The van der Waals surface area contributed by atoms with E-state index in [1.165, 1.54) is 0 Å². The molecule has 16 heavy (non-hydrogen) atoms. The van der Waals surface area contributed by atoms with Gasteiger partial charge in [0.2, 0.25) is 0 Å². The van der Waals surface area contributed by atoms with E-state index in [9.17, 15) is 0 Å². The maximum Gasteiger partial charge on any atom is 0.0991 e. The third kappa shape index (κ3) is 2.12. The summed E-state index contributed by atoms with van der Waals surface area (Å²) in [7, 11) is 0. The number of nitrogens with zero attached hydrogens (tertiary/aromatic N) is 3. The lowest BCUT2D eigenvalue weighted by molar-refractivity contribution is 0.659. The van der Waals surface area contributed by atoms with E-state index in [4.69, 9.17) is 5.26 Å². The highest BCUT2D eigenvalue weighted by Crippen LogP contribution is 2.09. The second-order valence-corrected chi connectivity index (χ2v) is 3.90. The third-order valence-electron chi connectivity index (χ3n) is 2.49. The highest BCUT2D eigenvalue weighted by Gasteiger charge is 2.02. The van der Waals surface area contributed by atoms with Gasteiger partial charge in [-0.15, -0.1) is 0 Å². The second-order valence-electron chi connectivity index (χ2n) is 3.90. The fourth-order valence-corrected chi connectivity index (χ4v) is 1.75. The van der Waals surface area contributed by atoms with Crippen molar-refractivity contribution in [1.82, 2.24) is 9.78 Å². The largest absolute Gasteiger partial charge is 0.265 e. The predicted molar refractivity (Wildman–Crippen MR) is 62.0 cm³/mol. The molecule has 0 N–H and O–H groups in total. The monoisotopic (exact) mass is 211 g/mol. The molecule has 0 amide bonds. The molecule has 0 saturated heterocycles. The Balaban J connectivity index is 2.27. The zero-order valence-corrected chi connectivity index (χ0v) is 9.44. The van der Waals surface area contributed by atoms with Gasteiger partial charge in [0.25, 0.3) is 0 Å². The normalized spacial score (nSPS) is 10.1. The molecule has 0 bridgehead atoms. The van der Waals surface area contributed by atoms with Gasteiger partial charge >= 0.3 is 0 Å². The first-order chi connectivity index (χ1) is 7.69. The summed E-state index contributed by atoms with van der Waals surface area (Å²) in [6.07, 6.45) is 0. The second kappa shape index (κ2) is 4.19. The summed E-state index contributed by atoms with van der Waals surface area (Å²) in [6, 6.07) is 11.8. The summed E-state index contributed by atoms with van der Waals surface area (Å²) >= 11 is 0. The highest BCUT2D eigenvalue weighted by molar-refractivity contribution is 5.32. The molecule has 3 nitrogen and oxygen atoms in total. The van der Waals surface area contributed by atoms with E-state index in [1.54, 1.807) is 0 Å². The van der Waals surface area contributed by atoms with Gasteiger partial charge in [-0.05, 0) is 37.6 Å². The van der Waals surface area contributed by atoms with Crippen molar-refractivity contribution in [2.45, 2.75) is 20.4 Å². The van der Waals surface area contributed by atoms with Gasteiger partial charge in [-0.25, -0.2) is 0 Å². The van der Waals surface area contributed by atoms with Crippen molar-refractivity contribution in [3.8, 4) is 6.07 Å². The molecule has 80 valence electrons. The molecular weight excluding hydrogens is 198 g/mol. The molecule has 0 saturated carbocycles. The van der Waals surface area contributed by atoms with Crippen LogP contribution in [0.1, 0.15) is 22.5 Å². The number of hydrogen-bond donors (Lipinski definition) is 0. The minimum Gasteiger partial charge on any atom is -0.265 e. The minimum absolute atomic E-state index is 0.694. The van der Waals surface area contributed by atoms with Crippen LogP contribution in [0.2, 0.25) is 0 Å². The average Bonchev–Trinajstić information content (AvgIpc) is 2.58. The Kier molecular flexibility index (Phi) is 2.74. The predicted octanol–water partition coefficient (Wildman–Crippen LogP) is 2.42. The van der Waals surface area contributed by atoms with E-state index in [0.29, 0.717) is 5.56 Å². The van der Waals surface area contributed by atoms with Crippen LogP contribution in [0.5, 0.6) is 0 Å². The van der Waals surface area contributed by atoms with Crippen LogP contribution in [0.3, 0.4) is 0 Å². The molecule has 1 heterocycles. The van der Waals surface area contributed by atoms with Crippen molar-refractivity contribution < 1.29 is 0 Å². The Hall–Kier alpha value is -2.08. The van der Waals surface area contributed by atoms with Crippen molar-refractivity contribution in [2.75, 3.05) is 0 Å². The molecule has 0 aliphatic heterocycles. The summed E-state index contributed by atoms with van der Waals surface area (Å²) in [6.45, 7) is 4.73. The summed E-state index contributed by atoms with van der Waals surface area (Å²) in [5.41, 5.74) is 3.96. The van der Waals surface area contributed by atoms with Gasteiger partial charge in [0.15, 0.2) is 0 Å². The summed E-state index contributed by atoms with van der Waals surface area (Å²) < 4.78 is 1.95. The molecule has 3 heteroatoms.